The molecule has 1 saturated carbocycles. The zero-order valence-corrected chi connectivity index (χ0v) is 14.1. The molecule has 118 valence electrons. The molecule has 3 heteroatoms. The van der Waals surface area contributed by atoms with E-state index in [0.717, 1.165) is 12.1 Å². The van der Waals surface area contributed by atoms with Gasteiger partial charge in [0, 0.05) is 31.7 Å². The van der Waals surface area contributed by atoms with Crippen LogP contribution in [-0.2, 0) is 0 Å². The first-order valence-electron chi connectivity index (χ1n) is 8.64. The Kier molecular flexibility index (Phi) is 5.88. The minimum Gasteiger partial charge on any atom is -0.313 e. The van der Waals surface area contributed by atoms with Gasteiger partial charge in [0.25, 0.3) is 0 Å². The summed E-state index contributed by atoms with van der Waals surface area (Å²) in [5, 5.41) is 3.77. The van der Waals surface area contributed by atoms with Crippen molar-refractivity contribution in [3.05, 3.63) is 0 Å². The van der Waals surface area contributed by atoms with Gasteiger partial charge in [-0.3, -0.25) is 0 Å². The third kappa shape index (κ3) is 5.01. The molecule has 2 aliphatic rings. The van der Waals surface area contributed by atoms with Gasteiger partial charge in [0.2, 0.25) is 0 Å². The van der Waals surface area contributed by atoms with Crippen LogP contribution >= 0.6 is 0 Å². The molecule has 1 aliphatic heterocycles. The maximum Gasteiger partial charge on any atom is 0.0217 e. The van der Waals surface area contributed by atoms with Crippen molar-refractivity contribution < 1.29 is 0 Å². The van der Waals surface area contributed by atoms with Crippen molar-refractivity contribution in [1.29, 1.82) is 0 Å². The molecule has 20 heavy (non-hydrogen) atoms. The van der Waals surface area contributed by atoms with Gasteiger partial charge in [0.15, 0.2) is 0 Å². The van der Waals surface area contributed by atoms with E-state index in [4.69, 9.17) is 0 Å². The summed E-state index contributed by atoms with van der Waals surface area (Å²) in [6.07, 6.45) is 8.17. The van der Waals surface area contributed by atoms with Crippen LogP contribution in [-0.4, -0.2) is 62.2 Å². The Labute approximate surface area is 126 Å². The number of hydrogen-bond donors (Lipinski definition) is 1. The lowest BCUT2D eigenvalue weighted by Gasteiger charge is -2.41. The molecule has 0 aromatic heterocycles. The number of rotatable bonds is 8. The molecule has 2 rings (SSSR count). The Morgan fingerprint density at radius 3 is 2.60 bits per heavy atom. The molecule has 0 radical (unpaired) electrons. The summed E-state index contributed by atoms with van der Waals surface area (Å²) in [7, 11) is 4.46. The largest absolute Gasteiger partial charge is 0.313 e. The molecular weight excluding hydrogens is 246 g/mol. The van der Waals surface area contributed by atoms with Crippen LogP contribution in [0.3, 0.4) is 0 Å². The van der Waals surface area contributed by atoms with E-state index in [9.17, 15) is 0 Å². The van der Waals surface area contributed by atoms with Crippen LogP contribution in [0.25, 0.3) is 0 Å². The van der Waals surface area contributed by atoms with Gasteiger partial charge in [-0.25, -0.2) is 0 Å². The average molecular weight is 281 g/mol. The van der Waals surface area contributed by atoms with Crippen LogP contribution < -0.4 is 5.32 Å². The first-order chi connectivity index (χ1) is 9.52. The summed E-state index contributed by atoms with van der Waals surface area (Å²) in [5.41, 5.74) is 0.450. The summed E-state index contributed by atoms with van der Waals surface area (Å²) in [4.78, 5) is 5.13. The molecule has 0 bridgehead atoms. The monoisotopic (exact) mass is 281 g/mol. The van der Waals surface area contributed by atoms with Gasteiger partial charge in [0.05, 0.1) is 0 Å². The van der Waals surface area contributed by atoms with Crippen molar-refractivity contribution in [2.45, 2.75) is 64.5 Å². The van der Waals surface area contributed by atoms with E-state index >= 15 is 0 Å². The Morgan fingerprint density at radius 2 is 2.00 bits per heavy atom. The standard InChI is InChI=1S/C17H35N3/c1-5-10-17(2,13-18-15-8-9-15)14-20-11-6-7-16(12-20)19(3)4/h15-16,18H,5-14H2,1-4H3. The molecule has 2 atom stereocenters. The molecule has 1 saturated heterocycles. The van der Waals surface area contributed by atoms with E-state index in [0.29, 0.717) is 5.41 Å². The molecule has 1 heterocycles. The lowest BCUT2D eigenvalue weighted by molar-refractivity contribution is 0.0853. The van der Waals surface area contributed by atoms with Crippen LogP contribution in [0.5, 0.6) is 0 Å². The Morgan fingerprint density at radius 1 is 1.25 bits per heavy atom. The van der Waals surface area contributed by atoms with Gasteiger partial charge in [-0.05, 0) is 58.2 Å². The number of piperidine rings is 1. The average Bonchev–Trinajstić information content (AvgIpc) is 3.21. The molecule has 1 aliphatic carbocycles. The Bertz CT molecular complexity index is 288. The van der Waals surface area contributed by atoms with Gasteiger partial charge in [-0.1, -0.05) is 20.3 Å². The molecule has 0 spiro atoms. The highest BCUT2D eigenvalue weighted by molar-refractivity contribution is 4.89. The van der Waals surface area contributed by atoms with Gasteiger partial charge in [0.1, 0.15) is 0 Å². The molecule has 3 nitrogen and oxygen atoms in total. The van der Waals surface area contributed by atoms with E-state index in [1.54, 1.807) is 0 Å². The van der Waals surface area contributed by atoms with Gasteiger partial charge < -0.3 is 15.1 Å². The minimum absolute atomic E-state index is 0.450. The highest BCUT2D eigenvalue weighted by atomic mass is 15.2. The fourth-order valence-electron chi connectivity index (χ4n) is 3.64. The number of likely N-dealkylation sites (N-methyl/N-ethyl adjacent to an activating group) is 1. The first-order valence-corrected chi connectivity index (χ1v) is 8.64. The quantitative estimate of drug-likeness (QED) is 0.738. The second-order valence-electron chi connectivity index (χ2n) is 7.71. The Balaban J connectivity index is 1.85. The van der Waals surface area contributed by atoms with Crippen LogP contribution in [0.2, 0.25) is 0 Å². The second-order valence-corrected chi connectivity index (χ2v) is 7.71. The van der Waals surface area contributed by atoms with Crippen LogP contribution in [0, 0.1) is 5.41 Å². The number of nitrogens with one attached hydrogen (secondary N) is 1. The van der Waals surface area contributed by atoms with Crippen LogP contribution in [0.1, 0.15) is 52.4 Å². The molecule has 2 fully saturated rings. The lowest BCUT2D eigenvalue weighted by atomic mass is 9.84. The predicted molar refractivity (Wildman–Crippen MR) is 87.2 cm³/mol. The van der Waals surface area contributed by atoms with Gasteiger partial charge >= 0.3 is 0 Å². The third-order valence-electron chi connectivity index (χ3n) is 5.06. The van der Waals surface area contributed by atoms with Crippen molar-refractivity contribution in [2.24, 2.45) is 5.41 Å². The maximum atomic E-state index is 3.77. The van der Waals surface area contributed by atoms with Crippen molar-refractivity contribution >= 4 is 0 Å². The maximum absolute atomic E-state index is 3.77. The molecular formula is C17H35N3. The molecule has 2 unspecified atom stereocenters. The first kappa shape index (κ1) is 16.3. The zero-order valence-electron chi connectivity index (χ0n) is 14.1. The van der Waals surface area contributed by atoms with Gasteiger partial charge in [-0.2, -0.15) is 0 Å². The minimum atomic E-state index is 0.450. The van der Waals surface area contributed by atoms with E-state index in [1.807, 2.05) is 0 Å². The summed E-state index contributed by atoms with van der Waals surface area (Å²) in [6, 6.07) is 1.59. The van der Waals surface area contributed by atoms with Crippen LogP contribution in [0.4, 0.5) is 0 Å². The van der Waals surface area contributed by atoms with E-state index < -0.39 is 0 Å². The molecule has 0 amide bonds. The SMILES string of the molecule is CCCC(C)(CNC1CC1)CN1CCCC(N(C)C)C1. The van der Waals surface area contributed by atoms with Crippen molar-refractivity contribution in [1.82, 2.24) is 15.1 Å². The second kappa shape index (κ2) is 7.24. The fraction of sp³-hybridized carbons (Fsp3) is 1.00. The number of nitrogens with zero attached hydrogens (tertiary/aromatic N) is 2. The molecule has 0 aromatic rings. The van der Waals surface area contributed by atoms with Crippen molar-refractivity contribution in [3.8, 4) is 0 Å². The normalized spacial score (nSPS) is 27.8. The van der Waals surface area contributed by atoms with E-state index in [1.165, 1.54) is 64.7 Å². The lowest BCUT2D eigenvalue weighted by Crippen LogP contribution is -2.50. The van der Waals surface area contributed by atoms with Gasteiger partial charge in [-0.15, -0.1) is 0 Å². The highest BCUT2D eigenvalue weighted by Crippen LogP contribution is 2.28. The van der Waals surface area contributed by atoms with Crippen LogP contribution in [0.15, 0.2) is 0 Å². The summed E-state index contributed by atoms with van der Waals surface area (Å²) >= 11 is 0. The smallest absolute Gasteiger partial charge is 0.0217 e. The predicted octanol–water partition coefficient (Wildman–Crippen LogP) is 2.57. The van der Waals surface area contributed by atoms with Crippen molar-refractivity contribution in [3.63, 3.8) is 0 Å². The summed E-state index contributed by atoms with van der Waals surface area (Å²) < 4.78 is 0. The summed E-state index contributed by atoms with van der Waals surface area (Å²) in [6.45, 7) is 9.85. The molecule has 1 N–H and O–H groups in total. The summed E-state index contributed by atoms with van der Waals surface area (Å²) in [5.74, 6) is 0. The topological polar surface area (TPSA) is 18.5 Å². The molecule has 0 aromatic carbocycles. The number of hydrogen-bond acceptors (Lipinski definition) is 3. The van der Waals surface area contributed by atoms with E-state index in [-0.39, 0.29) is 0 Å². The third-order valence-corrected chi connectivity index (χ3v) is 5.06. The fourth-order valence-corrected chi connectivity index (χ4v) is 3.64. The zero-order chi connectivity index (χ0) is 14.6. The van der Waals surface area contributed by atoms with Crippen molar-refractivity contribution in [2.75, 3.05) is 40.3 Å². The Hall–Kier alpha value is -0.120. The number of likely N-dealkylation sites (tertiary alicyclic amines) is 1. The van der Waals surface area contributed by atoms with E-state index in [2.05, 4.69) is 43.1 Å². The highest BCUT2D eigenvalue weighted by Gasteiger charge is 2.31.